The third-order valence-corrected chi connectivity index (χ3v) is 6.35. The van der Waals surface area contributed by atoms with E-state index < -0.39 is 5.54 Å². The highest BCUT2D eigenvalue weighted by Crippen LogP contribution is 2.44. The Morgan fingerprint density at radius 2 is 1.96 bits per heavy atom. The number of ether oxygens (including phenoxy) is 1. The fourth-order valence-corrected chi connectivity index (χ4v) is 4.26. The SMILES string of the molecule is CC[C@@]1(C(=O)O[C@@H]2C[C@H](C)CC[C@H]2C(C)(C)c2ccccc2)CN1. The van der Waals surface area contributed by atoms with Crippen LogP contribution in [0.3, 0.4) is 0 Å². The summed E-state index contributed by atoms with van der Waals surface area (Å²) in [5.41, 5.74) is 0.936. The number of nitrogens with one attached hydrogen (secondary N) is 1. The van der Waals surface area contributed by atoms with E-state index >= 15 is 0 Å². The summed E-state index contributed by atoms with van der Waals surface area (Å²) in [5, 5.41) is 3.21. The Bertz CT molecular complexity index is 577. The first-order valence-corrected chi connectivity index (χ1v) is 9.40. The van der Waals surface area contributed by atoms with E-state index in [9.17, 15) is 4.79 Å². The van der Waals surface area contributed by atoms with Gasteiger partial charge in [0, 0.05) is 12.5 Å². The largest absolute Gasteiger partial charge is 0.461 e. The molecule has 1 saturated heterocycles. The average Bonchev–Trinajstić information content (AvgIpc) is 3.37. The molecule has 1 aliphatic carbocycles. The molecule has 0 bridgehead atoms. The van der Waals surface area contributed by atoms with Crippen LogP contribution < -0.4 is 5.32 Å². The average molecular weight is 329 g/mol. The maximum atomic E-state index is 12.7. The molecular formula is C21H31NO2. The molecule has 0 spiro atoms. The van der Waals surface area contributed by atoms with Crippen LogP contribution in [0.1, 0.15) is 58.9 Å². The van der Waals surface area contributed by atoms with Crippen molar-refractivity contribution in [2.75, 3.05) is 6.54 Å². The van der Waals surface area contributed by atoms with Gasteiger partial charge < -0.3 is 4.74 Å². The summed E-state index contributed by atoms with van der Waals surface area (Å²) in [7, 11) is 0. The fourth-order valence-electron chi connectivity index (χ4n) is 4.26. The standard InChI is InChI=1S/C21H31NO2/c1-5-21(14-22-21)19(23)24-18-13-15(2)11-12-17(18)20(3,4)16-9-7-6-8-10-16/h6-10,15,17-18,22H,5,11-14H2,1-4H3/t15-,17-,18-,21+/m1/s1. The van der Waals surface area contributed by atoms with Gasteiger partial charge in [0.2, 0.25) is 0 Å². The monoisotopic (exact) mass is 329 g/mol. The lowest BCUT2D eigenvalue weighted by atomic mass is 9.64. The summed E-state index contributed by atoms with van der Waals surface area (Å²) in [6.07, 6.45) is 4.13. The first kappa shape index (κ1) is 17.5. The summed E-state index contributed by atoms with van der Waals surface area (Å²) < 4.78 is 6.10. The van der Waals surface area contributed by atoms with Gasteiger partial charge in [-0.3, -0.25) is 5.32 Å². The van der Waals surface area contributed by atoms with E-state index in [1.165, 1.54) is 12.0 Å². The number of hydrogen-bond acceptors (Lipinski definition) is 3. The molecule has 0 radical (unpaired) electrons. The smallest absolute Gasteiger partial charge is 0.327 e. The molecule has 3 rings (SSSR count). The molecule has 1 saturated carbocycles. The minimum atomic E-state index is -0.401. The highest BCUT2D eigenvalue weighted by atomic mass is 16.5. The van der Waals surface area contributed by atoms with Crippen LogP contribution in [0, 0.1) is 11.8 Å². The van der Waals surface area contributed by atoms with Crippen molar-refractivity contribution in [3.05, 3.63) is 35.9 Å². The highest BCUT2D eigenvalue weighted by Gasteiger charge is 2.51. The third-order valence-electron chi connectivity index (χ3n) is 6.35. The van der Waals surface area contributed by atoms with E-state index in [1.54, 1.807) is 0 Å². The normalized spacial score (nSPS) is 33.1. The molecular weight excluding hydrogens is 298 g/mol. The second-order valence-corrected chi connectivity index (χ2v) is 8.35. The Labute approximate surface area is 146 Å². The van der Waals surface area contributed by atoms with Crippen molar-refractivity contribution in [3.63, 3.8) is 0 Å². The lowest BCUT2D eigenvalue weighted by Gasteiger charge is -2.44. The number of esters is 1. The molecule has 24 heavy (non-hydrogen) atoms. The van der Waals surface area contributed by atoms with E-state index in [0.29, 0.717) is 11.8 Å². The van der Waals surface area contributed by atoms with Crippen molar-refractivity contribution in [3.8, 4) is 0 Å². The van der Waals surface area contributed by atoms with Gasteiger partial charge in [-0.1, -0.05) is 64.4 Å². The first-order valence-electron chi connectivity index (χ1n) is 9.40. The third kappa shape index (κ3) is 3.23. The van der Waals surface area contributed by atoms with Gasteiger partial charge in [-0.15, -0.1) is 0 Å². The predicted molar refractivity (Wildman–Crippen MR) is 96.9 cm³/mol. The molecule has 132 valence electrons. The maximum Gasteiger partial charge on any atom is 0.327 e. The van der Waals surface area contributed by atoms with Crippen LogP contribution in [0.15, 0.2) is 30.3 Å². The summed E-state index contributed by atoms with van der Waals surface area (Å²) in [4.78, 5) is 12.7. The van der Waals surface area contributed by atoms with E-state index in [4.69, 9.17) is 4.74 Å². The molecule has 1 N–H and O–H groups in total. The van der Waals surface area contributed by atoms with E-state index in [2.05, 4.69) is 63.3 Å². The Balaban J connectivity index is 1.80. The molecule has 1 aliphatic heterocycles. The Kier molecular flexibility index (Phi) is 4.74. The van der Waals surface area contributed by atoms with Crippen molar-refractivity contribution in [1.29, 1.82) is 0 Å². The number of carbonyl (C=O) groups excluding carboxylic acids is 1. The van der Waals surface area contributed by atoms with Crippen molar-refractivity contribution in [1.82, 2.24) is 5.32 Å². The van der Waals surface area contributed by atoms with Gasteiger partial charge in [-0.05, 0) is 36.2 Å². The van der Waals surface area contributed by atoms with Gasteiger partial charge in [-0.25, -0.2) is 4.79 Å². The quantitative estimate of drug-likeness (QED) is 0.654. The fraction of sp³-hybridized carbons (Fsp3) is 0.667. The van der Waals surface area contributed by atoms with Gasteiger partial charge in [0.1, 0.15) is 11.6 Å². The second kappa shape index (κ2) is 6.51. The van der Waals surface area contributed by atoms with Crippen LogP contribution in [-0.2, 0) is 14.9 Å². The number of benzene rings is 1. The minimum Gasteiger partial charge on any atom is -0.461 e. The molecule has 4 atom stereocenters. The van der Waals surface area contributed by atoms with Crippen LogP contribution in [-0.4, -0.2) is 24.2 Å². The first-order chi connectivity index (χ1) is 11.4. The molecule has 1 heterocycles. The Morgan fingerprint density at radius 3 is 2.54 bits per heavy atom. The molecule has 2 fully saturated rings. The van der Waals surface area contributed by atoms with Gasteiger partial charge in [0.25, 0.3) is 0 Å². The van der Waals surface area contributed by atoms with Crippen molar-refractivity contribution in [2.45, 2.75) is 70.4 Å². The maximum absolute atomic E-state index is 12.7. The van der Waals surface area contributed by atoms with Crippen molar-refractivity contribution in [2.24, 2.45) is 11.8 Å². The van der Waals surface area contributed by atoms with Crippen LogP contribution in [0.25, 0.3) is 0 Å². The minimum absolute atomic E-state index is 0.00268. The lowest BCUT2D eigenvalue weighted by Crippen LogP contribution is -2.45. The highest BCUT2D eigenvalue weighted by molar-refractivity contribution is 5.84. The topological polar surface area (TPSA) is 48.2 Å². The summed E-state index contributed by atoms with van der Waals surface area (Å²) in [6, 6.07) is 10.7. The van der Waals surface area contributed by atoms with E-state index in [1.807, 2.05) is 0 Å². The predicted octanol–water partition coefficient (Wildman–Crippen LogP) is 4.06. The molecule has 3 nitrogen and oxygen atoms in total. The van der Waals surface area contributed by atoms with Crippen LogP contribution >= 0.6 is 0 Å². The van der Waals surface area contributed by atoms with Gasteiger partial charge in [0.15, 0.2) is 0 Å². The molecule has 0 aromatic heterocycles. The van der Waals surface area contributed by atoms with Gasteiger partial charge in [-0.2, -0.15) is 0 Å². The molecule has 1 aromatic rings. The molecule has 1 aromatic carbocycles. The zero-order chi connectivity index (χ0) is 17.4. The second-order valence-electron chi connectivity index (χ2n) is 8.35. The molecule has 2 aliphatic rings. The van der Waals surface area contributed by atoms with Crippen LogP contribution in [0.2, 0.25) is 0 Å². The number of carbonyl (C=O) groups is 1. The van der Waals surface area contributed by atoms with Crippen molar-refractivity contribution >= 4 is 5.97 Å². The summed E-state index contributed by atoms with van der Waals surface area (Å²) >= 11 is 0. The molecule has 3 heteroatoms. The van der Waals surface area contributed by atoms with E-state index in [-0.39, 0.29) is 17.5 Å². The van der Waals surface area contributed by atoms with E-state index in [0.717, 1.165) is 25.8 Å². The van der Waals surface area contributed by atoms with Crippen molar-refractivity contribution < 1.29 is 9.53 Å². The summed E-state index contributed by atoms with van der Waals surface area (Å²) in [6.45, 7) is 9.69. The van der Waals surface area contributed by atoms with Crippen LogP contribution in [0.5, 0.6) is 0 Å². The molecule has 0 amide bonds. The van der Waals surface area contributed by atoms with Gasteiger partial charge >= 0.3 is 5.97 Å². The Hall–Kier alpha value is -1.35. The van der Waals surface area contributed by atoms with Gasteiger partial charge in [0.05, 0.1) is 0 Å². The number of hydrogen-bond donors (Lipinski definition) is 1. The number of rotatable bonds is 5. The molecule has 0 unspecified atom stereocenters. The summed E-state index contributed by atoms with van der Waals surface area (Å²) in [5.74, 6) is 0.945. The zero-order valence-electron chi connectivity index (χ0n) is 15.5. The zero-order valence-corrected chi connectivity index (χ0v) is 15.5. The lowest BCUT2D eigenvalue weighted by molar-refractivity contribution is -0.159. The Morgan fingerprint density at radius 1 is 1.29 bits per heavy atom. The van der Waals surface area contributed by atoms with Crippen LogP contribution in [0.4, 0.5) is 0 Å².